The average Bonchev–Trinajstić information content (AvgIpc) is 3.37. The lowest BCUT2D eigenvalue weighted by atomic mass is 9.92. The van der Waals surface area contributed by atoms with E-state index in [1.807, 2.05) is 53.8 Å². The third kappa shape index (κ3) is 12.0. The number of hydrogen-bond donors (Lipinski definition) is 5. The minimum atomic E-state index is -1.03. The predicted molar refractivity (Wildman–Crippen MR) is 167 cm³/mol. The van der Waals surface area contributed by atoms with Crippen LogP contribution in [0.3, 0.4) is 0 Å². The highest BCUT2D eigenvalue weighted by molar-refractivity contribution is 7.09. The fourth-order valence-electron chi connectivity index (χ4n) is 4.36. The van der Waals surface area contributed by atoms with Crippen LogP contribution in [0.1, 0.15) is 93.0 Å². The zero-order chi connectivity index (χ0) is 32.3. The molecule has 2 heterocycles. The molecule has 2 aromatic heterocycles. The van der Waals surface area contributed by atoms with Crippen molar-refractivity contribution in [1.82, 2.24) is 31.2 Å². The van der Waals surface area contributed by atoms with E-state index in [-0.39, 0.29) is 53.9 Å². The van der Waals surface area contributed by atoms with Gasteiger partial charge in [-0.05, 0) is 49.7 Å². The lowest BCUT2D eigenvalue weighted by Gasteiger charge is -2.28. The minimum absolute atomic E-state index is 0.0386. The van der Waals surface area contributed by atoms with Crippen molar-refractivity contribution in [2.45, 2.75) is 93.0 Å². The SMILES string of the molecule is Cc1csc(CNC(=O)c2cccc(C(=O)N[C@@H](CC(C)C)[C@@H](O)C[C@@H](C)C(=O)N[C@H](C(=O)NCC(C)C)C(C)C)n2)n1. The summed E-state index contributed by atoms with van der Waals surface area (Å²) in [7, 11) is 0. The van der Waals surface area contributed by atoms with Crippen molar-refractivity contribution in [2.75, 3.05) is 6.54 Å². The number of nitrogens with one attached hydrogen (secondary N) is 4. The van der Waals surface area contributed by atoms with E-state index in [0.717, 1.165) is 10.7 Å². The van der Waals surface area contributed by atoms with Gasteiger partial charge in [0.25, 0.3) is 11.8 Å². The molecule has 2 aromatic rings. The molecule has 4 atom stereocenters. The van der Waals surface area contributed by atoms with Gasteiger partial charge in [0.05, 0.1) is 18.7 Å². The molecule has 0 aromatic carbocycles. The van der Waals surface area contributed by atoms with Crippen LogP contribution < -0.4 is 21.3 Å². The topological polar surface area (TPSA) is 162 Å². The Morgan fingerprint density at radius 2 is 1.49 bits per heavy atom. The van der Waals surface area contributed by atoms with Gasteiger partial charge in [0, 0.05) is 23.5 Å². The summed E-state index contributed by atoms with van der Waals surface area (Å²) in [5.74, 6) is -1.87. The summed E-state index contributed by atoms with van der Waals surface area (Å²) in [6.07, 6.45) is -0.498. The summed E-state index contributed by atoms with van der Waals surface area (Å²) in [6.45, 7) is 16.0. The molecule has 11 nitrogen and oxygen atoms in total. The fourth-order valence-corrected chi connectivity index (χ4v) is 5.07. The highest BCUT2D eigenvalue weighted by atomic mass is 32.1. The Balaban J connectivity index is 2.04. The number of thiazole rings is 1. The molecule has 238 valence electrons. The van der Waals surface area contributed by atoms with E-state index in [0.29, 0.717) is 13.0 Å². The number of rotatable bonds is 16. The van der Waals surface area contributed by atoms with E-state index in [1.54, 1.807) is 13.0 Å². The number of aromatic nitrogens is 2. The molecule has 12 heteroatoms. The fraction of sp³-hybridized carbons (Fsp3) is 0.613. The third-order valence-corrected chi connectivity index (χ3v) is 7.73. The Morgan fingerprint density at radius 1 is 0.837 bits per heavy atom. The first-order chi connectivity index (χ1) is 20.2. The maximum absolute atomic E-state index is 13.2. The molecule has 0 aliphatic carbocycles. The number of carbonyl (C=O) groups excluding carboxylic acids is 4. The summed E-state index contributed by atoms with van der Waals surface area (Å²) >= 11 is 1.45. The summed E-state index contributed by atoms with van der Waals surface area (Å²) in [5, 5.41) is 25.1. The van der Waals surface area contributed by atoms with Crippen LogP contribution in [0, 0.1) is 30.6 Å². The van der Waals surface area contributed by atoms with E-state index in [2.05, 4.69) is 31.2 Å². The van der Waals surface area contributed by atoms with E-state index >= 15 is 0 Å². The van der Waals surface area contributed by atoms with Crippen molar-refractivity contribution in [3.05, 3.63) is 45.7 Å². The van der Waals surface area contributed by atoms with E-state index in [4.69, 9.17) is 0 Å². The number of aliphatic hydroxyl groups excluding tert-OH is 1. The van der Waals surface area contributed by atoms with Crippen LogP contribution in [0.25, 0.3) is 0 Å². The van der Waals surface area contributed by atoms with Crippen LogP contribution in [-0.2, 0) is 16.1 Å². The molecule has 43 heavy (non-hydrogen) atoms. The van der Waals surface area contributed by atoms with Gasteiger partial charge in [-0.1, -0.05) is 54.5 Å². The van der Waals surface area contributed by atoms with Gasteiger partial charge in [0.2, 0.25) is 11.8 Å². The molecule has 0 saturated carbocycles. The van der Waals surface area contributed by atoms with Crippen molar-refractivity contribution in [1.29, 1.82) is 0 Å². The molecule has 0 aliphatic heterocycles. The number of pyridine rings is 1. The lowest BCUT2D eigenvalue weighted by molar-refractivity contribution is -0.132. The largest absolute Gasteiger partial charge is 0.391 e. The third-order valence-electron chi connectivity index (χ3n) is 6.76. The van der Waals surface area contributed by atoms with Crippen LogP contribution in [0.4, 0.5) is 0 Å². The molecule has 0 spiro atoms. The molecule has 0 radical (unpaired) electrons. The Morgan fingerprint density at radius 3 is 2.05 bits per heavy atom. The number of carbonyl (C=O) groups is 4. The van der Waals surface area contributed by atoms with Gasteiger partial charge in [0.15, 0.2) is 0 Å². The first-order valence-electron chi connectivity index (χ1n) is 14.9. The van der Waals surface area contributed by atoms with Gasteiger partial charge >= 0.3 is 0 Å². The quantitative estimate of drug-likeness (QED) is 0.193. The highest BCUT2D eigenvalue weighted by Crippen LogP contribution is 2.17. The van der Waals surface area contributed by atoms with E-state index in [9.17, 15) is 24.3 Å². The normalized spacial score (nSPS) is 14.2. The zero-order valence-corrected chi connectivity index (χ0v) is 27.4. The number of amides is 4. The second kappa shape index (κ2) is 17.0. The van der Waals surface area contributed by atoms with Crippen molar-refractivity contribution in [3.63, 3.8) is 0 Å². The van der Waals surface area contributed by atoms with Gasteiger partial charge in [-0.2, -0.15) is 0 Å². The molecular weight excluding hydrogens is 568 g/mol. The molecule has 0 saturated heterocycles. The van der Waals surface area contributed by atoms with Crippen LogP contribution in [0.5, 0.6) is 0 Å². The van der Waals surface area contributed by atoms with Gasteiger partial charge in [-0.15, -0.1) is 11.3 Å². The zero-order valence-electron chi connectivity index (χ0n) is 26.6. The average molecular weight is 617 g/mol. The van der Waals surface area contributed by atoms with Gasteiger partial charge in [-0.25, -0.2) is 9.97 Å². The molecule has 0 fully saturated rings. The minimum Gasteiger partial charge on any atom is -0.391 e. The lowest BCUT2D eigenvalue weighted by Crippen LogP contribution is -2.52. The number of aryl methyl sites for hydroxylation is 1. The molecule has 0 unspecified atom stereocenters. The van der Waals surface area contributed by atoms with Crippen LogP contribution in [0.2, 0.25) is 0 Å². The van der Waals surface area contributed by atoms with E-state index in [1.165, 1.54) is 23.5 Å². The maximum atomic E-state index is 13.2. The van der Waals surface area contributed by atoms with E-state index < -0.39 is 35.9 Å². The van der Waals surface area contributed by atoms with Crippen molar-refractivity contribution in [2.24, 2.45) is 23.7 Å². The number of hydrogen-bond acceptors (Lipinski definition) is 8. The predicted octanol–water partition coefficient (Wildman–Crippen LogP) is 3.22. The standard InChI is InChI=1S/C31H48N6O5S/c1-17(2)12-24(25(38)13-20(7)28(39)37-27(19(5)6)31(42)32-14-18(3)4)36-30(41)23-11-9-10-22(35-23)29(40)33-15-26-34-21(8)16-43-26/h9-11,16-20,24-25,27,38H,12-15H2,1-8H3,(H,32,42)(H,33,40)(H,36,41)(H,37,39)/t20-,24+,25+,27+/m1/s1. The van der Waals surface area contributed by atoms with Crippen molar-refractivity contribution >= 4 is 35.0 Å². The molecule has 5 N–H and O–H groups in total. The smallest absolute Gasteiger partial charge is 0.270 e. The van der Waals surface area contributed by atoms with Crippen LogP contribution in [0.15, 0.2) is 23.6 Å². The molecular formula is C31H48N6O5S. The number of nitrogens with zero attached hydrogens (tertiary/aromatic N) is 2. The molecule has 4 amide bonds. The Kier molecular flexibility index (Phi) is 14.2. The monoisotopic (exact) mass is 616 g/mol. The molecule has 2 rings (SSSR count). The maximum Gasteiger partial charge on any atom is 0.270 e. The Labute approximate surface area is 259 Å². The summed E-state index contributed by atoms with van der Waals surface area (Å²) in [5.41, 5.74) is 1.00. The van der Waals surface area contributed by atoms with Crippen LogP contribution >= 0.6 is 11.3 Å². The summed E-state index contributed by atoms with van der Waals surface area (Å²) in [4.78, 5) is 60.1. The van der Waals surface area contributed by atoms with Crippen molar-refractivity contribution in [3.8, 4) is 0 Å². The molecule has 0 aliphatic rings. The van der Waals surface area contributed by atoms with Gasteiger partial charge in [-0.3, -0.25) is 19.2 Å². The Bertz CT molecular complexity index is 1230. The second-order valence-electron chi connectivity index (χ2n) is 12.3. The first-order valence-corrected chi connectivity index (χ1v) is 15.8. The molecule has 0 bridgehead atoms. The summed E-state index contributed by atoms with van der Waals surface area (Å²) < 4.78 is 0. The van der Waals surface area contributed by atoms with Gasteiger partial charge < -0.3 is 26.4 Å². The van der Waals surface area contributed by atoms with Crippen LogP contribution in [-0.4, -0.2) is 63.4 Å². The number of aliphatic hydroxyl groups is 1. The first kappa shape index (κ1) is 35.8. The van der Waals surface area contributed by atoms with Gasteiger partial charge in [0.1, 0.15) is 22.4 Å². The summed E-state index contributed by atoms with van der Waals surface area (Å²) in [6, 6.07) is 3.24. The Hall–Kier alpha value is -3.38. The van der Waals surface area contributed by atoms with Crippen molar-refractivity contribution < 1.29 is 24.3 Å². The highest BCUT2D eigenvalue weighted by Gasteiger charge is 2.30. The second-order valence-corrected chi connectivity index (χ2v) is 13.2.